The van der Waals surface area contributed by atoms with E-state index >= 15 is 0 Å². The molecule has 0 fully saturated rings. The molecule has 2 aromatic carbocycles. The standard InChI is InChI=1S/C19H25NO3S/c1-12(2)17-11-19(18(23-6)10-15(17)5)24(21,22)20-16-8-13(3)7-14(4)9-16/h7-12,20H,1-6H3. The van der Waals surface area contributed by atoms with E-state index in [1.165, 1.54) is 7.11 Å². The predicted octanol–water partition coefficient (Wildman–Crippen LogP) is 4.54. The first-order valence-corrected chi connectivity index (χ1v) is 9.42. The van der Waals surface area contributed by atoms with E-state index in [0.717, 1.165) is 22.3 Å². The Morgan fingerprint density at radius 1 is 0.958 bits per heavy atom. The summed E-state index contributed by atoms with van der Waals surface area (Å²) in [5, 5.41) is 0. The number of hydrogen-bond acceptors (Lipinski definition) is 3. The van der Waals surface area contributed by atoms with Crippen LogP contribution in [-0.4, -0.2) is 15.5 Å². The summed E-state index contributed by atoms with van der Waals surface area (Å²) in [5.41, 5.74) is 4.59. The molecule has 5 heteroatoms. The Balaban J connectivity index is 2.53. The Morgan fingerprint density at radius 3 is 2.04 bits per heavy atom. The molecule has 0 aliphatic carbocycles. The molecule has 24 heavy (non-hydrogen) atoms. The molecule has 2 aromatic rings. The molecule has 0 heterocycles. The third-order valence-electron chi connectivity index (χ3n) is 3.94. The minimum absolute atomic E-state index is 0.165. The molecule has 1 N–H and O–H groups in total. The molecule has 0 unspecified atom stereocenters. The Morgan fingerprint density at radius 2 is 1.54 bits per heavy atom. The lowest BCUT2D eigenvalue weighted by Gasteiger charge is -2.17. The van der Waals surface area contributed by atoms with Crippen molar-refractivity contribution in [3.8, 4) is 5.75 Å². The first-order valence-electron chi connectivity index (χ1n) is 7.93. The van der Waals surface area contributed by atoms with Crippen LogP contribution in [0.5, 0.6) is 5.75 Å². The van der Waals surface area contributed by atoms with E-state index in [1.807, 2.05) is 52.8 Å². The number of sulfonamides is 1. The maximum absolute atomic E-state index is 12.9. The second kappa shape index (κ2) is 6.85. The van der Waals surface area contributed by atoms with Crippen LogP contribution in [0.25, 0.3) is 0 Å². The molecule has 2 rings (SSSR count). The maximum atomic E-state index is 12.9. The van der Waals surface area contributed by atoms with Gasteiger partial charge in [-0.05, 0) is 73.2 Å². The van der Waals surface area contributed by atoms with Crippen molar-refractivity contribution in [1.82, 2.24) is 0 Å². The normalized spacial score (nSPS) is 11.6. The zero-order chi connectivity index (χ0) is 18.1. The molecule has 4 nitrogen and oxygen atoms in total. The van der Waals surface area contributed by atoms with Gasteiger partial charge in [0.05, 0.1) is 7.11 Å². The van der Waals surface area contributed by atoms with Crippen molar-refractivity contribution in [2.45, 2.75) is 45.4 Å². The van der Waals surface area contributed by atoms with Gasteiger partial charge in [0.15, 0.2) is 0 Å². The fourth-order valence-corrected chi connectivity index (χ4v) is 4.14. The van der Waals surface area contributed by atoms with Crippen LogP contribution in [0, 0.1) is 20.8 Å². The van der Waals surface area contributed by atoms with Gasteiger partial charge in [-0.1, -0.05) is 19.9 Å². The van der Waals surface area contributed by atoms with Crippen molar-refractivity contribution in [1.29, 1.82) is 0 Å². The fraction of sp³-hybridized carbons (Fsp3) is 0.368. The number of methoxy groups -OCH3 is 1. The summed E-state index contributed by atoms with van der Waals surface area (Å²) in [6, 6.07) is 9.12. The highest BCUT2D eigenvalue weighted by molar-refractivity contribution is 7.92. The molecule has 0 aromatic heterocycles. The lowest BCUT2D eigenvalue weighted by molar-refractivity contribution is 0.402. The lowest BCUT2D eigenvalue weighted by atomic mass is 9.98. The molecule has 0 spiro atoms. The SMILES string of the molecule is COc1cc(C)c(C(C)C)cc1S(=O)(=O)Nc1cc(C)cc(C)c1. The van der Waals surface area contributed by atoms with Crippen molar-refractivity contribution in [3.05, 3.63) is 52.6 Å². The Bertz CT molecular complexity index is 835. The van der Waals surface area contributed by atoms with Crippen LogP contribution in [0.4, 0.5) is 5.69 Å². The van der Waals surface area contributed by atoms with E-state index in [4.69, 9.17) is 4.74 Å². The number of anilines is 1. The zero-order valence-electron chi connectivity index (χ0n) is 15.1. The third-order valence-corrected chi connectivity index (χ3v) is 5.34. The van der Waals surface area contributed by atoms with E-state index in [2.05, 4.69) is 4.72 Å². The predicted molar refractivity (Wildman–Crippen MR) is 98.5 cm³/mol. The van der Waals surface area contributed by atoms with Gasteiger partial charge in [-0.15, -0.1) is 0 Å². The minimum atomic E-state index is -3.74. The van der Waals surface area contributed by atoms with Crippen LogP contribution in [0.2, 0.25) is 0 Å². The molecule has 0 radical (unpaired) electrons. The van der Waals surface area contributed by atoms with E-state index in [0.29, 0.717) is 11.4 Å². The van der Waals surface area contributed by atoms with Crippen molar-refractivity contribution in [3.63, 3.8) is 0 Å². The van der Waals surface area contributed by atoms with Gasteiger partial charge in [0.25, 0.3) is 10.0 Å². The fourth-order valence-electron chi connectivity index (χ4n) is 2.91. The summed E-state index contributed by atoms with van der Waals surface area (Å²) in [6.07, 6.45) is 0. The molecule has 0 atom stereocenters. The van der Waals surface area contributed by atoms with Crippen molar-refractivity contribution >= 4 is 15.7 Å². The van der Waals surface area contributed by atoms with Crippen LogP contribution >= 0.6 is 0 Å². The van der Waals surface area contributed by atoms with Crippen molar-refractivity contribution in [2.24, 2.45) is 0 Å². The van der Waals surface area contributed by atoms with Crippen molar-refractivity contribution < 1.29 is 13.2 Å². The topological polar surface area (TPSA) is 55.4 Å². The maximum Gasteiger partial charge on any atom is 0.265 e. The number of rotatable bonds is 5. The summed E-state index contributed by atoms with van der Waals surface area (Å²) in [7, 11) is -2.25. The highest BCUT2D eigenvalue weighted by Crippen LogP contribution is 2.32. The number of nitrogens with one attached hydrogen (secondary N) is 1. The third kappa shape index (κ3) is 3.90. The van der Waals surface area contributed by atoms with E-state index in [1.54, 1.807) is 12.1 Å². The van der Waals surface area contributed by atoms with Crippen LogP contribution in [0.1, 0.15) is 42.0 Å². The van der Waals surface area contributed by atoms with Gasteiger partial charge in [-0.25, -0.2) is 8.42 Å². The van der Waals surface area contributed by atoms with Gasteiger partial charge < -0.3 is 4.74 Å². The summed E-state index contributed by atoms with van der Waals surface area (Å²) < 4.78 is 33.8. The first-order chi connectivity index (χ1) is 11.1. The average Bonchev–Trinajstić information content (AvgIpc) is 2.44. The second-order valence-corrected chi connectivity index (χ2v) is 8.15. The van der Waals surface area contributed by atoms with Crippen molar-refractivity contribution in [2.75, 3.05) is 11.8 Å². The van der Waals surface area contributed by atoms with Gasteiger partial charge in [0.1, 0.15) is 10.6 Å². The largest absolute Gasteiger partial charge is 0.495 e. The molecule has 0 aliphatic rings. The second-order valence-electron chi connectivity index (χ2n) is 6.50. The van der Waals surface area contributed by atoms with Crippen LogP contribution in [0.15, 0.2) is 35.2 Å². The summed E-state index contributed by atoms with van der Waals surface area (Å²) in [5.74, 6) is 0.583. The highest BCUT2D eigenvalue weighted by Gasteiger charge is 2.22. The van der Waals surface area contributed by atoms with Gasteiger partial charge in [-0.3, -0.25) is 4.72 Å². The van der Waals surface area contributed by atoms with Gasteiger partial charge >= 0.3 is 0 Å². The van der Waals surface area contributed by atoms with Gasteiger partial charge in [0.2, 0.25) is 0 Å². The molecule has 0 saturated heterocycles. The number of aryl methyl sites for hydroxylation is 3. The molecular weight excluding hydrogens is 322 g/mol. The Kier molecular flexibility index (Phi) is 5.23. The molecule has 130 valence electrons. The number of hydrogen-bond donors (Lipinski definition) is 1. The highest BCUT2D eigenvalue weighted by atomic mass is 32.2. The lowest BCUT2D eigenvalue weighted by Crippen LogP contribution is -2.15. The molecule has 0 bridgehead atoms. The molecular formula is C19H25NO3S. The van der Waals surface area contributed by atoms with Crippen LogP contribution < -0.4 is 9.46 Å². The quantitative estimate of drug-likeness (QED) is 0.863. The van der Waals surface area contributed by atoms with Gasteiger partial charge in [0, 0.05) is 5.69 Å². The Labute approximate surface area is 144 Å². The van der Waals surface area contributed by atoms with Crippen LogP contribution in [0.3, 0.4) is 0 Å². The summed E-state index contributed by atoms with van der Waals surface area (Å²) in [6.45, 7) is 9.93. The Hall–Kier alpha value is -2.01. The van der Waals surface area contributed by atoms with Gasteiger partial charge in [-0.2, -0.15) is 0 Å². The molecule has 0 amide bonds. The van der Waals surface area contributed by atoms with Crippen LogP contribution in [-0.2, 0) is 10.0 Å². The summed E-state index contributed by atoms with van der Waals surface area (Å²) in [4.78, 5) is 0.165. The molecule has 0 saturated carbocycles. The number of benzene rings is 2. The molecule has 0 aliphatic heterocycles. The smallest absolute Gasteiger partial charge is 0.265 e. The van der Waals surface area contributed by atoms with E-state index < -0.39 is 10.0 Å². The monoisotopic (exact) mass is 347 g/mol. The van der Waals surface area contributed by atoms with E-state index in [-0.39, 0.29) is 10.8 Å². The number of ether oxygens (including phenoxy) is 1. The first kappa shape index (κ1) is 18.3. The average molecular weight is 347 g/mol. The summed E-state index contributed by atoms with van der Waals surface area (Å²) >= 11 is 0. The minimum Gasteiger partial charge on any atom is -0.495 e. The zero-order valence-corrected chi connectivity index (χ0v) is 15.9. The van der Waals surface area contributed by atoms with E-state index in [9.17, 15) is 8.42 Å².